The number of rotatable bonds is 5. The summed E-state index contributed by atoms with van der Waals surface area (Å²) >= 11 is 0. The van der Waals surface area contributed by atoms with E-state index >= 15 is 0 Å². The number of piperidine rings is 1. The molecule has 1 aromatic rings. The number of ether oxygens (including phenoxy) is 1. The third-order valence-corrected chi connectivity index (χ3v) is 6.00. The van der Waals surface area contributed by atoms with Crippen LogP contribution in [-0.2, 0) is 32.8 Å². The van der Waals surface area contributed by atoms with E-state index in [0.29, 0.717) is 26.3 Å². The van der Waals surface area contributed by atoms with Gasteiger partial charge in [0.15, 0.2) is 0 Å². The van der Waals surface area contributed by atoms with Gasteiger partial charge in [0, 0.05) is 19.1 Å². The van der Waals surface area contributed by atoms with Crippen LogP contribution in [0.25, 0.3) is 0 Å². The van der Waals surface area contributed by atoms with Crippen molar-refractivity contribution in [3.8, 4) is 0 Å². The quantitative estimate of drug-likeness (QED) is 0.790. The number of amides is 1. The van der Waals surface area contributed by atoms with Gasteiger partial charge in [-0.15, -0.1) is 0 Å². The number of nitrogens with one attached hydrogen (secondary N) is 2. The molecule has 1 atom stereocenters. The molecule has 0 aromatic heterocycles. The van der Waals surface area contributed by atoms with Gasteiger partial charge in [-0.05, 0) is 43.1 Å². The van der Waals surface area contributed by atoms with Gasteiger partial charge in [-0.1, -0.05) is 6.07 Å². The second-order valence-electron chi connectivity index (χ2n) is 6.22. The lowest BCUT2D eigenvalue weighted by Gasteiger charge is -2.32. The van der Waals surface area contributed by atoms with Crippen molar-refractivity contribution in [3.63, 3.8) is 0 Å². The van der Waals surface area contributed by atoms with Crippen LogP contribution in [0.2, 0.25) is 0 Å². The molecule has 1 unspecified atom stereocenters. The lowest BCUT2D eigenvalue weighted by Crippen LogP contribution is -2.49. The topological polar surface area (TPSA) is 87.7 Å². The lowest BCUT2D eigenvalue weighted by molar-refractivity contribution is -0.131. The van der Waals surface area contributed by atoms with Crippen LogP contribution in [0.15, 0.2) is 23.1 Å². The van der Waals surface area contributed by atoms with Crippen molar-refractivity contribution in [2.45, 2.75) is 37.0 Å². The Hall–Kier alpha value is -1.48. The molecule has 1 amide bonds. The molecule has 0 saturated carbocycles. The first-order chi connectivity index (χ1) is 11.5. The first-order valence-electron chi connectivity index (χ1n) is 8.14. The van der Waals surface area contributed by atoms with Gasteiger partial charge < -0.3 is 15.0 Å². The molecule has 132 valence electrons. The van der Waals surface area contributed by atoms with Crippen molar-refractivity contribution in [3.05, 3.63) is 29.3 Å². The van der Waals surface area contributed by atoms with Crippen molar-refractivity contribution < 1.29 is 17.9 Å². The van der Waals surface area contributed by atoms with E-state index in [4.69, 9.17) is 4.74 Å². The van der Waals surface area contributed by atoms with Crippen molar-refractivity contribution in [2.24, 2.45) is 0 Å². The Kier molecular flexibility index (Phi) is 5.19. The summed E-state index contributed by atoms with van der Waals surface area (Å²) in [5.74, 6) is -0.192. The molecule has 0 aliphatic carbocycles. The molecule has 2 aliphatic heterocycles. The Morgan fingerprint density at radius 2 is 2.12 bits per heavy atom. The molecule has 8 heteroatoms. The third-order valence-electron chi connectivity index (χ3n) is 4.60. The average molecular weight is 353 g/mol. The zero-order valence-corrected chi connectivity index (χ0v) is 14.6. The van der Waals surface area contributed by atoms with E-state index in [1.807, 2.05) is 7.05 Å². The van der Waals surface area contributed by atoms with Crippen LogP contribution in [0.1, 0.15) is 24.0 Å². The molecule has 2 aliphatic rings. The number of carbonyl (C=O) groups is 1. The van der Waals surface area contributed by atoms with Crippen LogP contribution < -0.4 is 10.0 Å². The number of benzene rings is 1. The van der Waals surface area contributed by atoms with Gasteiger partial charge in [0.05, 0.1) is 24.7 Å². The van der Waals surface area contributed by atoms with Gasteiger partial charge in [0.1, 0.15) is 0 Å². The minimum absolute atomic E-state index is 0.172. The number of carbonyl (C=O) groups excluding carboxylic acids is 1. The van der Waals surface area contributed by atoms with E-state index in [9.17, 15) is 13.2 Å². The number of likely N-dealkylation sites (tertiary alicyclic amines) is 1. The van der Waals surface area contributed by atoms with Crippen LogP contribution in [0.5, 0.6) is 0 Å². The van der Waals surface area contributed by atoms with Crippen molar-refractivity contribution in [1.82, 2.24) is 14.9 Å². The summed E-state index contributed by atoms with van der Waals surface area (Å²) in [6.45, 7) is 2.02. The summed E-state index contributed by atoms with van der Waals surface area (Å²) in [4.78, 5) is 14.2. The summed E-state index contributed by atoms with van der Waals surface area (Å²) < 4.78 is 32.5. The van der Waals surface area contributed by atoms with Gasteiger partial charge >= 0.3 is 0 Å². The number of hydrogen-bond donors (Lipinski definition) is 2. The number of nitrogens with zero attached hydrogens (tertiary/aromatic N) is 1. The highest BCUT2D eigenvalue weighted by molar-refractivity contribution is 7.89. The number of fused-ring (bicyclic) bond motifs is 1. The van der Waals surface area contributed by atoms with E-state index < -0.39 is 10.0 Å². The highest BCUT2D eigenvalue weighted by Gasteiger charge is 2.24. The summed E-state index contributed by atoms with van der Waals surface area (Å²) in [5.41, 5.74) is 1.90. The molecule has 1 fully saturated rings. The standard InChI is InChI=1S/C16H23N3O4S/c1-17-14-3-2-6-19(9-14)16(20)8-18-24(21,22)15-5-4-12-10-23-11-13(12)7-15/h4-5,7,14,17-18H,2-3,6,8-11H2,1H3. The largest absolute Gasteiger partial charge is 0.372 e. The first-order valence-corrected chi connectivity index (χ1v) is 9.62. The predicted molar refractivity (Wildman–Crippen MR) is 88.8 cm³/mol. The fourth-order valence-electron chi connectivity index (χ4n) is 3.11. The molecule has 1 saturated heterocycles. The number of hydrogen-bond acceptors (Lipinski definition) is 5. The second kappa shape index (κ2) is 7.18. The van der Waals surface area contributed by atoms with E-state index in [1.165, 1.54) is 0 Å². The number of likely N-dealkylation sites (N-methyl/N-ethyl adjacent to an activating group) is 1. The average Bonchev–Trinajstić information content (AvgIpc) is 3.07. The fraction of sp³-hybridized carbons (Fsp3) is 0.562. The van der Waals surface area contributed by atoms with E-state index in [2.05, 4.69) is 10.0 Å². The van der Waals surface area contributed by atoms with Crippen molar-refractivity contribution in [2.75, 3.05) is 26.7 Å². The molecular weight excluding hydrogens is 330 g/mol. The van der Waals surface area contributed by atoms with Crippen LogP contribution >= 0.6 is 0 Å². The fourth-order valence-corrected chi connectivity index (χ4v) is 4.13. The zero-order valence-electron chi connectivity index (χ0n) is 13.7. The van der Waals surface area contributed by atoms with Crippen LogP contribution in [0, 0.1) is 0 Å². The molecule has 7 nitrogen and oxygen atoms in total. The van der Waals surface area contributed by atoms with Crippen LogP contribution in [0.4, 0.5) is 0 Å². The number of sulfonamides is 1. The van der Waals surface area contributed by atoms with E-state index in [0.717, 1.165) is 24.0 Å². The van der Waals surface area contributed by atoms with Crippen molar-refractivity contribution in [1.29, 1.82) is 0 Å². The predicted octanol–water partition coefficient (Wildman–Crippen LogP) is 0.206. The maximum absolute atomic E-state index is 12.4. The minimum atomic E-state index is -3.70. The maximum Gasteiger partial charge on any atom is 0.241 e. The summed E-state index contributed by atoms with van der Waals surface area (Å²) in [5, 5.41) is 3.17. The van der Waals surface area contributed by atoms with E-state index in [-0.39, 0.29) is 23.4 Å². The Morgan fingerprint density at radius 1 is 1.33 bits per heavy atom. The maximum atomic E-state index is 12.4. The van der Waals surface area contributed by atoms with Crippen LogP contribution in [0.3, 0.4) is 0 Å². The highest BCUT2D eigenvalue weighted by atomic mass is 32.2. The van der Waals surface area contributed by atoms with Crippen LogP contribution in [-0.4, -0.2) is 51.9 Å². The zero-order chi connectivity index (χ0) is 17.2. The lowest BCUT2D eigenvalue weighted by atomic mass is 10.1. The minimum Gasteiger partial charge on any atom is -0.372 e. The second-order valence-corrected chi connectivity index (χ2v) is 7.98. The molecule has 24 heavy (non-hydrogen) atoms. The molecule has 2 N–H and O–H groups in total. The molecule has 1 aromatic carbocycles. The molecular formula is C16H23N3O4S. The Bertz CT molecular complexity index is 720. The normalized spacial score (nSPS) is 20.9. The Labute approximate surface area is 142 Å². The molecule has 0 bridgehead atoms. The summed E-state index contributed by atoms with van der Waals surface area (Å²) in [6.07, 6.45) is 1.96. The Balaban J connectivity index is 1.61. The van der Waals surface area contributed by atoms with Gasteiger partial charge in [0.25, 0.3) is 0 Å². The monoisotopic (exact) mass is 353 g/mol. The first kappa shape index (κ1) is 17.3. The molecule has 0 radical (unpaired) electrons. The smallest absolute Gasteiger partial charge is 0.241 e. The van der Waals surface area contributed by atoms with Crippen molar-refractivity contribution >= 4 is 15.9 Å². The molecule has 0 spiro atoms. The highest BCUT2D eigenvalue weighted by Crippen LogP contribution is 2.23. The molecule has 3 rings (SSSR count). The van der Waals surface area contributed by atoms with Gasteiger partial charge in [-0.3, -0.25) is 4.79 Å². The molecule has 2 heterocycles. The van der Waals surface area contributed by atoms with E-state index in [1.54, 1.807) is 23.1 Å². The third kappa shape index (κ3) is 3.77. The summed E-state index contributed by atoms with van der Waals surface area (Å²) in [7, 11) is -1.83. The Morgan fingerprint density at radius 3 is 2.92 bits per heavy atom. The summed E-state index contributed by atoms with van der Waals surface area (Å²) in [6, 6.07) is 5.21. The SMILES string of the molecule is CNC1CCCN(C(=O)CNS(=O)(=O)c2ccc3c(c2)COC3)C1. The van der Waals surface area contributed by atoms with Gasteiger partial charge in [-0.2, -0.15) is 0 Å². The van der Waals surface area contributed by atoms with Gasteiger partial charge in [-0.25, -0.2) is 13.1 Å². The van der Waals surface area contributed by atoms with Gasteiger partial charge in [0.2, 0.25) is 15.9 Å².